The van der Waals surface area contributed by atoms with Crippen molar-refractivity contribution >= 4 is 50.9 Å². The summed E-state index contributed by atoms with van der Waals surface area (Å²) in [4.78, 5) is 22.0. The molecule has 0 aromatic heterocycles. The molecule has 0 aliphatic rings. The summed E-state index contributed by atoms with van der Waals surface area (Å²) in [5.74, 6) is -2.38. The quantitative estimate of drug-likeness (QED) is 0.657. The molecule has 27 heavy (non-hydrogen) atoms. The maximum absolute atomic E-state index is 13.0. The van der Waals surface area contributed by atoms with Gasteiger partial charge in [-0.2, -0.15) is 0 Å². The summed E-state index contributed by atoms with van der Waals surface area (Å²) in [6.45, 7) is -0.155. The van der Waals surface area contributed by atoms with E-state index in [0.29, 0.717) is 5.02 Å². The number of carboxylic acids is 2. The number of carbonyl (C=O) groups is 2. The van der Waals surface area contributed by atoms with E-state index in [1.807, 2.05) is 0 Å². The summed E-state index contributed by atoms with van der Waals surface area (Å²) in [6, 6.07) is 9.23. The minimum atomic E-state index is -4.08. The van der Waals surface area contributed by atoms with Crippen LogP contribution in [0.15, 0.2) is 47.4 Å². The van der Waals surface area contributed by atoms with E-state index in [0.717, 1.165) is 10.4 Å². The number of benzene rings is 2. The molecule has 0 bridgehead atoms. The first-order valence-corrected chi connectivity index (χ1v) is 9.85. The van der Waals surface area contributed by atoms with Gasteiger partial charge in [0.25, 0.3) is 10.0 Å². The monoisotopic (exact) mass is 431 g/mol. The molecule has 0 saturated heterocycles. The van der Waals surface area contributed by atoms with Crippen LogP contribution in [-0.2, 0) is 14.8 Å². The van der Waals surface area contributed by atoms with E-state index in [2.05, 4.69) is 0 Å². The predicted octanol–water partition coefficient (Wildman–Crippen LogP) is 3.75. The first-order valence-electron chi connectivity index (χ1n) is 7.66. The zero-order valence-corrected chi connectivity index (χ0v) is 16.1. The fraction of sp³-hybridized carbons (Fsp3) is 0.176. The van der Waals surface area contributed by atoms with Gasteiger partial charge in [-0.3, -0.25) is 9.10 Å². The molecule has 7 nitrogen and oxygen atoms in total. The van der Waals surface area contributed by atoms with Crippen LogP contribution in [0.4, 0.5) is 5.69 Å². The molecule has 0 atom stereocenters. The van der Waals surface area contributed by atoms with Gasteiger partial charge >= 0.3 is 11.9 Å². The number of aliphatic carboxylic acids is 1. The standard InChI is InChI=1S/C17H15Cl2NO6S/c18-11-3-6-13(7-4-11)27(25,26)20(9-1-2-16(21)22)12-5-8-15(19)14(10-12)17(23)24/h3-8,10H,1-2,9H2,(H,21,22)(H,23,24). The largest absolute Gasteiger partial charge is 0.481 e. The fourth-order valence-electron chi connectivity index (χ4n) is 2.33. The van der Waals surface area contributed by atoms with Gasteiger partial charge in [-0.1, -0.05) is 23.2 Å². The molecule has 0 aliphatic heterocycles. The number of nitrogens with zero attached hydrogens (tertiary/aromatic N) is 1. The number of carboxylic acid groups (broad SMARTS) is 2. The summed E-state index contributed by atoms with van der Waals surface area (Å²) < 4.78 is 27.0. The fourth-order valence-corrected chi connectivity index (χ4v) is 4.15. The van der Waals surface area contributed by atoms with Crippen molar-refractivity contribution in [2.24, 2.45) is 0 Å². The molecule has 0 fully saturated rings. The van der Waals surface area contributed by atoms with Gasteiger partial charge in [-0.05, 0) is 48.9 Å². The highest BCUT2D eigenvalue weighted by atomic mass is 35.5. The van der Waals surface area contributed by atoms with E-state index in [9.17, 15) is 23.1 Å². The van der Waals surface area contributed by atoms with Crippen LogP contribution in [0, 0.1) is 0 Å². The Balaban J connectivity index is 2.51. The molecule has 0 saturated carbocycles. The topological polar surface area (TPSA) is 112 Å². The molecule has 0 spiro atoms. The van der Waals surface area contributed by atoms with Crippen molar-refractivity contribution in [2.75, 3.05) is 10.8 Å². The average Bonchev–Trinajstić information content (AvgIpc) is 2.59. The molecule has 0 amide bonds. The van der Waals surface area contributed by atoms with Crippen molar-refractivity contribution < 1.29 is 28.2 Å². The maximum atomic E-state index is 13.0. The number of sulfonamides is 1. The van der Waals surface area contributed by atoms with E-state index in [4.69, 9.17) is 28.3 Å². The Morgan fingerprint density at radius 1 is 1.00 bits per heavy atom. The van der Waals surface area contributed by atoms with E-state index in [1.54, 1.807) is 0 Å². The molecule has 2 aromatic rings. The summed E-state index contributed by atoms with van der Waals surface area (Å²) in [6.07, 6.45) is -0.209. The van der Waals surface area contributed by atoms with Gasteiger partial charge in [-0.25, -0.2) is 13.2 Å². The minimum absolute atomic E-state index is 0.0349. The zero-order chi connectivity index (χ0) is 20.2. The van der Waals surface area contributed by atoms with Crippen molar-refractivity contribution in [3.63, 3.8) is 0 Å². The van der Waals surface area contributed by atoms with Crippen molar-refractivity contribution in [3.05, 3.63) is 58.1 Å². The lowest BCUT2D eigenvalue weighted by molar-refractivity contribution is -0.137. The average molecular weight is 432 g/mol. The Kier molecular flexibility index (Phi) is 6.69. The van der Waals surface area contributed by atoms with Gasteiger partial charge in [0.2, 0.25) is 0 Å². The molecule has 0 aliphatic carbocycles. The van der Waals surface area contributed by atoms with Crippen LogP contribution in [-0.4, -0.2) is 37.1 Å². The second-order valence-corrected chi connectivity index (χ2v) is 8.20. The molecule has 144 valence electrons. The maximum Gasteiger partial charge on any atom is 0.337 e. The van der Waals surface area contributed by atoms with Crippen molar-refractivity contribution in [1.82, 2.24) is 0 Å². The molecular formula is C17H15Cl2NO6S. The number of halogens is 2. The third kappa shape index (κ3) is 5.12. The highest BCUT2D eigenvalue weighted by molar-refractivity contribution is 7.92. The Morgan fingerprint density at radius 2 is 1.63 bits per heavy atom. The van der Waals surface area contributed by atoms with Crippen molar-refractivity contribution in [3.8, 4) is 0 Å². The van der Waals surface area contributed by atoms with Gasteiger partial charge < -0.3 is 10.2 Å². The number of aromatic carboxylic acids is 1. The second kappa shape index (κ2) is 8.60. The molecule has 10 heteroatoms. The minimum Gasteiger partial charge on any atom is -0.481 e. The Bertz CT molecular complexity index is 960. The third-order valence-electron chi connectivity index (χ3n) is 3.62. The van der Waals surface area contributed by atoms with Gasteiger partial charge in [0.05, 0.1) is 21.2 Å². The van der Waals surface area contributed by atoms with Gasteiger partial charge in [0.15, 0.2) is 0 Å². The molecule has 2 rings (SSSR count). The first-order chi connectivity index (χ1) is 12.6. The van der Waals surface area contributed by atoms with E-state index >= 15 is 0 Å². The summed E-state index contributed by atoms with van der Waals surface area (Å²) >= 11 is 11.6. The Labute approximate surface area is 165 Å². The molecular weight excluding hydrogens is 417 g/mol. The van der Waals surface area contributed by atoms with Crippen LogP contribution >= 0.6 is 23.2 Å². The highest BCUT2D eigenvalue weighted by Crippen LogP contribution is 2.29. The summed E-state index contributed by atoms with van der Waals surface area (Å²) in [5, 5.41) is 18.4. The van der Waals surface area contributed by atoms with E-state index in [1.165, 1.54) is 36.4 Å². The van der Waals surface area contributed by atoms with Crippen LogP contribution in [0.1, 0.15) is 23.2 Å². The number of anilines is 1. The normalized spacial score (nSPS) is 11.2. The van der Waals surface area contributed by atoms with Crippen molar-refractivity contribution in [2.45, 2.75) is 17.7 Å². The van der Waals surface area contributed by atoms with Gasteiger partial charge in [-0.15, -0.1) is 0 Å². The molecule has 0 heterocycles. The second-order valence-electron chi connectivity index (χ2n) is 5.50. The Morgan fingerprint density at radius 3 is 2.19 bits per heavy atom. The van der Waals surface area contributed by atoms with Gasteiger partial charge in [0, 0.05) is 18.0 Å². The molecule has 0 unspecified atom stereocenters. The molecule has 2 aromatic carbocycles. The number of hydrogen-bond acceptors (Lipinski definition) is 4. The van der Waals surface area contributed by atoms with E-state index in [-0.39, 0.29) is 40.6 Å². The molecule has 0 radical (unpaired) electrons. The zero-order valence-electron chi connectivity index (χ0n) is 13.8. The lowest BCUT2D eigenvalue weighted by Crippen LogP contribution is -2.32. The third-order valence-corrected chi connectivity index (χ3v) is 6.04. The van der Waals surface area contributed by atoms with Crippen LogP contribution in [0.2, 0.25) is 10.0 Å². The first kappa shape index (κ1) is 21.0. The van der Waals surface area contributed by atoms with Crippen LogP contribution in [0.3, 0.4) is 0 Å². The van der Waals surface area contributed by atoms with E-state index < -0.39 is 22.0 Å². The number of hydrogen-bond donors (Lipinski definition) is 2. The molecule has 2 N–H and O–H groups in total. The predicted molar refractivity (Wildman–Crippen MR) is 101 cm³/mol. The summed E-state index contributed by atoms with van der Waals surface area (Å²) in [5.41, 5.74) is -0.194. The van der Waals surface area contributed by atoms with Crippen LogP contribution < -0.4 is 4.31 Å². The van der Waals surface area contributed by atoms with Gasteiger partial charge in [0.1, 0.15) is 0 Å². The Hall–Kier alpha value is -2.29. The lowest BCUT2D eigenvalue weighted by atomic mass is 10.2. The number of rotatable bonds is 8. The summed E-state index contributed by atoms with van der Waals surface area (Å²) in [7, 11) is -4.08. The van der Waals surface area contributed by atoms with Crippen LogP contribution in [0.25, 0.3) is 0 Å². The highest BCUT2D eigenvalue weighted by Gasteiger charge is 2.26. The smallest absolute Gasteiger partial charge is 0.337 e. The van der Waals surface area contributed by atoms with Crippen LogP contribution in [0.5, 0.6) is 0 Å². The lowest BCUT2D eigenvalue weighted by Gasteiger charge is -2.25. The SMILES string of the molecule is O=C(O)CCCN(c1ccc(Cl)c(C(=O)O)c1)S(=O)(=O)c1ccc(Cl)cc1. The van der Waals surface area contributed by atoms with Crippen molar-refractivity contribution in [1.29, 1.82) is 0 Å².